The van der Waals surface area contributed by atoms with Gasteiger partial charge in [-0.15, -0.1) is 0 Å². The average molecular weight is 172 g/mol. The van der Waals surface area contributed by atoms with Gasteiger partial charge in [0.15, 0.2) is 0 Å². The summed E-state index contributed by atoms with van der Waals surface area (Å²) in [6.07, 6.45) is 0.716. The van der Waals surface area contributed by atoms with E-state index in [1.165, 1.54) is 10.6 Å². The van der Waals surface area contributed by atoms with Crippen LogP contribution in [0.5, 0.6) is 0 Å². The third-order valence-corrected chi connectivity index (χ3v) is 1.73. The molecule has 0 aromatic rings. The lowest BCUT2D eigenvalue weighted by Gasteiger charge is -2.06. The van der Waals surface area contributed by atoms with E-state index in [1.807, 2.05) is 0 Å². The molecule has 0 radical (unpaired) electrons. The molecule has 1 heterocycles. The van der Waals surface area contributed by atoms with Gasteiger partial charge < -0.3 is 5.41 Å². The number of carbonyl (C=O) groups excluding carboxylic acids is 1. The predicted octanol–water partition coefficient (Wildman–Crippen LogP) is -1.40. The van der Waals surface area contributed by atoms with E-state index in [1.54, 1.807) is 0 Å². The fourth-order valence-corrected chi connectivity index (χ4v) is 1.10. The van der Waals surface area contributed by atoms with E-state index in [2.05, 4.69) is 4.40 Å². The van der Waals surface area contributed by atoms with Gasteiger partial charge in [-0.25, -0.2) is 4.72 Å². The molecule has 0 atom stereocenters. The highest BCUT2D eigenvalue weighted by atomic mass is 32.2. The first-order chi connectivity index (χ1) is 5.05. The van der Waals surface area contributed by atoms with E-state index in [0.717, 1.165) is 0 Å². The molecular formula is C4H2N3O3S-. The van der Waals surface area contributed by atoms with Crippen LogP contribution < -0.4 is 4.72 Å². The molecule has 0 aromatic heterocycles. The second-order valence-corrected chi connectivity index (χ2v) is 3.03. The number of rotatable bonds is 0. The molecule has 1 amide bonds. The van der Waals surface area contributed by atoms with Crippen LogP contribution in [0.1, 0.15) is 0 Å². The number of nitrogens with one attached hydrogen (secondary N) is 1. The highest BCUT2D eigenvalue weighted by Crippen LogP contribution is 1.97. The number of nitrogens with zero attached hydrogens (tertiary/aromatic N) is 2. The summed E-state index contributed by atoms with van der Waals surface area (Å²) in [5.74, 6) is 0.540. The van der Waals surface area contributed by atoms with Crippen molar-refractivity contribution in [3.63, 3.8) is 0 Å². The molecule has 1 aliphatic heterocycles. The molecule has 0 spiro atoms. The fraction of sp³-hybridized carbons (Fsp3) is 0. The summed E-state index contributed by atoms with van der Waals surface area (Å²) in [6, 6.07) is 0. The summed E-state index contributed by atoms with van der Waals surface area (Å²) in [5, 5.41) is 8.20. The van der Waals surface area contributed by atoms with Crippen LogP contribution in [0.15, 0.2) is 9.97 Å². The van der Waals surface area contributed by atoms with Crippen molar-refractivity contribution < 1.29 is 13.2 Å². The summed E-state index contributed by atoms with van der Waals surface area (Å²) >= 11 is 0. The van der Waals surface area contributed by atoms with Crippen molar-refractivity contribution in [2.45, 2.75) is 0 Å². The van der Waals surface area contributed by atoms with E-state index >= 15 is 0 Å². The monoisotopic (exact) mass is 172 g/mol. The quantitative estimate of drug-likeness (QED) is 0.359. The summed E-state index contributed by atoms with van der Waals surface area (Å²) in [6.45, 7) is 0. The van der Waals surface area contributed by atoms with Gasteiger partial charge in [0, 0.05) is 0 Å². The lowest BCUT2D eigenvalue weighted by molar-refractivity contribution is -0.115. The Morgan fingerprint density at radius 3 is 2.73 bits per heavy atom. The zero-order valence-electron chi connectivity index (χ0n) is 5.10. The van der Waals surface area contributed by atoms with Crippen LogP contribution >= 0.6 is 0 Å². The predicted molar refractivity (Wildman–Crippen MR) is 37.4 cm³/mol. The Bertz CT molecular complexity index is 373. The van der Waals surface area contributed by atoms with Crippen molar-refractivity contribution in [3.05, 3.63) is 11.0 Å². The van der Waals surface area contributed by atoms with Gasteiger partial charge in [0.1, 0.15) is 0 Å². The SMILES string of the molecule is [N-]=C=C1C=NS(=O)(=O)NC1=O. The second-order valence-electron chi connectivity index (χ2n) is 1.67. The van der Waals surface area contributed by atoms with Gasteiger partial charge in [-0.3, -0.25) is 10.7 Å². The van der Waals surface area contributed by atoms with Crippen molar-refractivity contribution >= 4 is 28.2 Å². The van der Waals surface area contributed by atoms with Gasteiger partial charge in [-0.2, -0.15) is 12.8 Å². The normalized spacial score (nSPS) is 20.7. The Kier molecular flexibility index (Phi) is 1.60. The minimum Gasteiger partial charge on any atom is -0.763 e. The van der Waals surface area contributed by atoms with Crippen LogP contribution in [0, 0.1) is 0 Å². The van der Waals surface area contributed by atoms with Crippen molar-refractivity contribution in [1.82, 2.24) is 4.72 Å². The minimum atomic E-state index is -3.88. The van der Waals surface area contributed by atoms with Gasteiger partial charge in [-0.05, 0) is 0 Å². The van der Waals surface area contributed by atoms with E-state index in [-0.39, 0.29) is 5.57 Å². The molecule has 0 fully saturated rings. The van der Waals surface area contributed by atoms with Crippen LogP contribution in [-0.4, -0.2) is 26.4 Å². The molecule has 0 unspecified atom stereocenters. The largest absolute Gasteiger partial charge is 0.763 e. The molecule has 1 rings (SSSR count). The standard InChI is InChI=1S/C4H2N3O3S/c5-1-3-2-6-11(9,10)7-4(3)8/h2H,(H,7,8)/q-1. The molecule has 0 aromatic carbocycles. The highest BCUT2D eigenvalue weighted by Gasteiger charge is 2.19. The second kappa shape index (κ2) is 2.30. The van der Waals surface area contributed by atoms with Gasteiger partial charge in [0.2, 0.25) is 0 Å². The maximum Gasteiger partial charge on any atom is 0.344 e. The zero-order valence-corrected chi connectivity index (χ0v) is 5.92. The van der Waals surface area contributed by atoms with Crippen molar-refractivity contribution in [3.8, 4) is 0 Å². The smallest absolute Gasteiger partial charge is 0.344 e. The number of hydrogen-bond donors (Lipinski definition) is 1. The van der Waals surface area contributed by atoms with E-state index < -0.39 is 16.1 Å². The van der Waals surface area contributed by atoms with Gasteiger partial charge in [-0.1, -0.05) is 0 Å². The Hall–Kier alpha value is -1.46. The minimum absolute atomic E-state index is 0.320. The van der Waals surface area contributed by atoms with E-state index in [0.29, 0.717) is 6.21 Å². The highest BCUT2D eigenvalue weighted by molar-refractivity contribution is 7.89. The summed E-state index contributed by atoms with van der Waals surface area (Å²) < 4.78 is 25.4. The summed E-state index contributed by atoms with van der Waals surface area (Å²) in [5.41, 5.74) is -0.320. The first-order valence-corrected chi connectivity index (χ1v) is 3.88. The van der Waals surface area contributed by atoms with Gasteiger partial charge >= 0.3 is 10.2 Å². The molecule has 7 heteroatoms. The Labute approximate surface area is 62.3 Å². The Balaban J connectivity index is 3.22. The molecule has 58 valence electrons. The Morgan fingerprint density at radius 2 is 2.27 bits per heavy atom. The maximum atomic E-state index is 10.6. The van der Waals surface area contributed by atoms with Crippen LogP contribution in [0.2, 0.25) is 0 Å². The van der Waals surface area contributed by atoms with Crippen LogP contribution in [0.4, 0.5) is 0 Å². The molecule has 0 bridgehead atoms. The third-order valence-electron chi connectivity index (χ3n) is 0.907. The first kappa shape index (κ1) is 7.64. The molecular weight excluding hydrogens is 170 g/mol. The maximum absolute atomic E-state index is 10.6. The average Bonchev–Trinajstić information content (AvgIpc) is 1.86. The molecule has 6 nitrogen and oxygen atoms in total. The van der Waals surface area contributed by atoms with Crippen molar-refractivity contribution in [2.75, 3.05) is 0 Å². The lowest BCUT2D eigenvalue weighted by Crippen LogP contribution is -2.34. The van der Waals surface area contributed by atoms with E-state index in [9.17, 15) is 13.2 Å². The zero-order chi connectivity index (χ0) is 8.48. The molecule has 11 heavy (non-hydrogen) atoms. The van der Waals surface area contributed by atoms with Crippen LogP contribution in [0.3, 0.4) is 0 Å². The van der Waals surface area contributed by atoms with E-state index in [4.69, 9.17) is 5.41 Å². The summed E-state index contributed by atoms with van der Waals surface area (Å²) in [4.78, 5) is 10.6. The summed E-state index contributed by atoms with van der Waals surface area (Å²) in [7, 11) is -3.88. The Morgan fingerprint density at radius 1 is 1.64 bits per heavy atom. The number of amides is 1. The fourth-order valence-electron chi connectivity index (χ4n) is 0.459. The molecule has 0 saturated heterocycles. The lowest BCUT2D eigenvalue weighted by atomic mass is 10.3. The topological polar surface area (TPSA) is 97.9 Å². The third kappa shape index (κ3) is 1.51. The van der Waals surface area contributed by atoms with Crippen LogP contribution in [0.25, 0.3) is 5.41 Å². The molecule has 1 N–H and O–H groups in total. The van der Waals surface area contributed by atoms with Crippen molar-refractivity contribution in [1.29, 1.82) is 0 Å². The number of hydrogen-bond acceptors (Lipinski definition) is 3. The number of carbonyl (C=O) groups is 1. The van der Waals surface area contributed by atoms with Crippen molar-refractivity contribution in [2.24, 2.45) is 4.40 Å². The first-order valence-electron chi connectivity index (χ1n) is 2.44. The molecule has 1 aliphatic rings. The molecule has 0 aliphatic carbocycles. The van der Waals surface area contributed by atoms with Crippen LogP contribution in [-0.2, 0) is 15.0 Å². The van der Waals surface area contributed by atoms with Gasteiger partial charge in [0.05, 0.1) is 11.8 Å². The molecule has 0 saturated carbocycles. The van der Waals surface area contributed by atoms with Gasteiger partial charge in [0.25, 0.3) is 5.91 Å².